The fraction of sp³-hybridized carbons (Fsp3) is 0.364. The molecule has 2 aromatic rings. The first kappa shape index (κ1) is 22.8. The van der Waals surface area contributed by atoms with Crippen LogP contribution in [0.2, 0.25) is 0 Å². The number of sulfonamides is 1. The molecule has 0 saturated heterocycles. The lowest BCUT2D eigenvalue weighted by molar-refractivity contribution is -0.123. The van der Waals surface area contributed by atoms with Gasteiger partial charge in [0.1, 0.15) is 5.75 Å². The van der Waals surface area contributed by atoms with Crippen molar-refractivity contribution in [1.82, 2.24) is 4.31 Å². The average Bonchev–Trinajstić information content (AvgIpc) is 2.74. The van der Waals surface area contributed by atoms with Gasteiger partial charge in [-0.2, -0.15) is 4.31 Å². The van der Waals surface area contributed by atoms with Crippen molar-refractivity contribution in [3.63, 3.8) is 0 Å². The van der Waals surface area contributed by atoms with Crippen LogP contribution in [-0.4, -0.2) is 50.3 Å². The normalized spacial score (nSPS) is 15.9. The van der Waals surface area contributed by atoms with Gasteiger partial charge >= 0.3 is 0 Å². The maximum Gasteiger partial charge on any atom is 0.267 e. The van der Waals surface area contributed by atoms with Crippen LogP contribution in [0.15, 0.2) is 47.4 Å². The summed E-state index contributed by atoms with van der Waals surface area (Å²) in [6, 6.07) is 11.7. The van der Waals surface area contributed by atoms with Crippen LogP contribution in [0.3, 0.4) is 0 Å². The number of ether oxygens (including phenoxy) is 1. The van der Waals surface area contributed by atoms with E-state index in [4.69, 9.17) is 4.74 Å². The highest BCUT2D eigenvalue weighted by atomic mass is 32.2. The molecule has 0 fully saturated rings. The predicted molar refractivity (Wildman–Crippen MR) is 119 cm³/mol. The van der Waals surface area contributed by atoms with Crippen LogP contribution >= 0.6 is 0 Å². The van der Waals surface area contributed by atoms with E-state index in [0.717, 1.165) is 0 Å². The van der Waals surface area contributed by atoms with E-state index in [1.807, 2.05) is 0 Å². The SMILES string of the molecule is CCN(CC)S(=O)(=O)c1ccc(C)c(NC(=O)C2CN(C(C)=O)c3ccccc3O2)c1. The quantitative estimate of drug-likeness (QED) is 0.738. The number of fused-ring (bicyclic) bond motifs is 1. The number of hydrogen-bond donors (Lipinski definition) is 1. The molecule has 8 nitrogen and oxygen atoms in total. The number of benzene rings is 2. The molecular weight excluding hydrogens is 418 g/mol. The largest absolute Gasteiger partial charge is 0.476 e. The van der Waals surface area contributed by atoms with Gasteiger partial charge in [0.15, 0.2) is 6.10 Å². The minimum Gasteiger partial charge on any atom is -0.476 e. The second kappa shape index (κ2) is 9.07. The van der Waals surface area contributed by atoms with Gasteiger partial charge in [0.25, 0.3) is 5.91 Å². The second-order valence-corrected chi connectivity index (χ2v) is 9.20. The Morgan fingerprint density at radius 3 is 2.48 bits per heavy atom. The van der Waals surface area contributed by atoms with Gasteiger partial charge in [0, 0.05) is 25.7 Å². The van der Waals surface area contributed by atoms with Gasteiger partial charge in [0.2, 0.25) is 15.9 Å². The lowest BCUT2D eigenvalue weighted by Gasteiger charge is -2.33. The first-order valence-electron chi connectivity index (χ1n) is 10.1. The van der Waals surface area contributed by atoms with Gasteiger partial charge in [-0.25, -0.2) is 8.42 Å². The Kier molecular flexibility index (Phi) is 6.66. The fourth-order valence-corrected chi connectivity index (χ4v) is 4.98. The van der Waals surface area contributed by atoms with E-state index in [-0.39, 0.29) is 17.3 Å². The second-order valence-electron chi connectivity index (χ2n) is 7.26. The molecule has 1 N–H and O–H groups in total. The van der Waals surface area contributed by atoms with E-state index in [0.29, 0.717) is 35.8 Å². The third kappa shape index (κ3) is 4.57. The number of hydrogen-bond acceptors (Lipinski definition) is 5. The molecule has 1 atom stereocenters. The molecule has 0 aromatic heterocycles. The summed E-state index contributed by atoms with van der Waals surface area (Å²) >= 11 is 0. The number of anilines is 2. The van der Waals surface area contributed by atoms with Crippen LogP contribution in [0.1, 0.15) is 26.3 Å². The number of amides is 2. The van der Waals surface area contributed by atoms with Gasteiger partial charge in [-0.05, 0) is 36.8 Å². The Morgan fingerprint density at radius 2 is 1.84 bits per heavy atom. The Balaban J connectivity index is 1.86. The summed E-state index contributed by atoms with van der Waals surface area (Å²) in [4.78, 5) is 26.7. The van der Waals surface area contributed by atoms with E-state index in [9.17, 15) is 18.0 Å². The van der Waals surface area contributed by atoms with E-state index >= 15 is 0 Å². The van der Waals surface area contributed by atoms with Crippen LogP contribution in [0, 0.1) is 6.92 Å². The number of nitrogens with one attached hydrogen (secondary N) is 1. The highest BCUT2D eigenvalue weighted by molar-refractivity contribution is 7.89. The summed E-state index contributed by atoms with van der Waals surface area (Å²) in [5, 5.41) is 2.77. The molecule has 2 aromatic carbocycles. The molecule has 0 saturated carbocycles. The summed E-state index contributed by atoms with van der Waals surface area (Å²) < 4.78 is 32.9. The zero-order valence-corrected chi connectivity index (χ0v) is 18.9. The first-order chi connectivity index (χ1) is 14.7. The van der Waals surface area contributed by atoms with Crippen molar-refractivity contribution in [2.45, 2.75) is 38.7 Å². The van der Waals surface area contributed by atoms with Crippen molar-refractivity contribution in [2.24, 2.45) is 0 Å². The minimum atomic E-state index is -3.66. The number of aryl methyl sites for hydroxylation is 1. The number of nitrogens with zero attached hydrogens (tertiary/aromatic N) is 2. The van der Waals surface area contributed by atoms with Crippen LogP contribution in [-0.2, 0) is 19.6 Å². The predicted octanol–water partition coefficient (Wildman–Crippen LogP) is 2.78. The van der Waals surface area contributed by atoms with Crippen molar-refractivity contribution in [3.8, 4) is 5.75 Å². The van der Waals surface area contributed by atoms with Crippen LogP contribution in [0.25, 0.3) is 0 Å². The average molecular weight is 446 g/mol. The standard InChI is InChI=1S/C22H27N3O5S/c1-5-24(6-2)31(28,29)17-12-11-15(3)18(13-17)23-22(27)21-14-25(16(4)26)19-9-7-8-10-20(19)30-21/h7-13,21H,5-6,14H2,1-4H3,(H,23,27). The third-order valence-electron chi connectivity index (χ3n) is 5.26. The summed E-state index contributed by atoms with van der Waals surface area (Å²) in [6.45, 7) is 7.53. The fourth-order valence-electron chi connectivity index (χ4n) is 3.49. The van der Waals surface area contributed by atoms with E-state index in [1.165, 1.54) is 28.3 Å². The maximum atomic E-state index is 13.0. The highest BCUT2D eigenvalue weighted by Crippen LogP contribution is 2.33. The molecule has 166 valence electrons. The summed E-state index contributed by atoms with van der Waals surface area (Å²) in [5.74, 6) is -0.211. The van der Waals surface area contributed by atoms with Crippen molar-refractivity contribution < 1.29 is 22.7 Å². The van der Waals surface area contributed by atoms with Crippen molar-refractivity contribution in [1.29, 1.82) is 0 Å². The summed E-state index contributed by atoms with van der Waals surface area (Å²) in [7, 11) is -3.66. The highest BCUT2D eigenvalue weighted by Gasteiger charge is 2.33. The molecular formula is C22H27N3O5S. The van der Waals surface area contributed by atoms with Crippen molar-refractivity contribution in [3.05, 3.63) is 48.0 Å². The monoisotopic (exact) mass is 445 g/mol. The van der Waals surface area contributed by atoms with Gasteiger partial charge in [-0.3, -0.25) is 9.59 Å². The summed E-state index contributed by atoms with van der Waals surface area (Å²) in [6.07, 6.45) is -0.929. The van der Waals surface area contributed by atoms with Crippen LogP contribution in [0.5, 0.6) is 5.75 Å². The Hall–Kier alpha value is -2.91. The Bertz CT molecular complexity index is 1100. The topological polar surface area (TPSA) is 96.0 Å². The smallest absolute Gasteiger partial charge is 0.267 e. The van der Waals surface area contributed by atoms with Gasteiger partial charge in [-0.1, -0.05) is 32.0 Å². The third-order valence-corrected chi connectivity index (χ3v) is 7.30. The van der Waals surface area contributed by atoms with E-state index in [2.05, 4.69) is 5.32 Å². The van der Waals surface area contributed by atoms with E-state index in [1.54, 1.807) is 51.1 Å². The molecule has 1 aliphatic rings. The molecule has 0 bridgehead atoms. The molecule has 1 unspecified atom stereocenters. The molecule has 1 aliphatic heterocycles. The van der Waals surface area contributed by atoms with Crippen molar-refractivity contribution >= 4 is 33.2 Å². The molecule has 0 radical (unpaired) electrons. The molecule has 0 aliphatic carbocycles. The van der Waals surface area contributed by atoms with Gasteiger partial charge in [0.05, 0.1) is 17.1 Å². The number of rotatable bonds is 6. The zero-order valence-electron chi connectivity index (χ0n) is 18.1. The molecule has 9 heteroatoms. The maximum absolute atomic E-state index is 13.0. The first-order valence-corrected chi connectivity index (χ1v) is 11.6. The molecule has 31 heavy (non-hydrogen) atoms. The number of para-hydroxylation sites is 2. The molecule has 0 spiro atoms. The Labute approximate surface area is 182 Å². The van der Waals surface area contributed by atoms with Crippen molar-refractivity contribution in [2.75, 3.05) is 29.9 Å². The van der Waals surface area contributed by atoms with Gasteiger partial charge in [-0.15, -0.1) is 0 Å². The lowest BCUT2D eigenvalue weighted by Crippen LogP contribution is -2.48. The van der Waals surface area contributed by atoms with Gasteiger partial charge < -0.3 is 15.0 Å². The molecule has 1 heterocycles. The van der Waals surface area contributed by atoms with Crippen LogP contribution in [0.4, 0.5) is 11.4 Å². The molecule has 2 amide bonds. The number of carbonyl (C=O) groups excluding carboxylic acids is 2. The van der Waals surface area contributed by atoms with E-state index < -0.39 is 22.0 Å². The Morgan fingerprint density at radius 1 is 1.16 bits per heavy atom. The minimum absolute atomic E-state index is 0.0642. The lowest BCUT2D eigenvalue weighted by atomic mass is 10.1. The number of carbonyl (C=O) groups is 2. The van der Waals surface area contributed by atoms with Crippen LogP contribution < -0.4 is 15.0 Å². The summed E-state index contributed by atoms with van der Waals surface area (Å²) in [5.41, 5.74) is 1.71. The zero-order chi connectivity index (χ0) is 22.8. The molecule has 3 rings (SSSR count).